The first-order valence-electron chi connectivity index (χ1n) is 14.4. The number of alkyl halides is 3. The van der Waals surface area contributed by atoms with Crippen LogP contribution in [0, 0.1) is 11.2 Å². The number of fused-ring (bicyclic) bond motifs is 3. The van der Waals surface area contributed by atoms with Crippen LogP contribution >= 0.6 is 0 Å². The van der Waals surface area contributed by atoms with E-state index in [2.05, 4.69) is 5.32 Å². The van der Waals surface area contributed by atoms with Gasteiger partial charge in [0.05, 0.1) is 16.9 Å². The lowest BCUT2D eigenvalue weighted by atomic mass is 9.75. The third-order valence-electron chi connectivity index (χ3n) is 8.45. The Labute approximate surface area is 245 Å². The summed E-state index contributed by atoms with van der Waals surface area (Å²) in [5, 5.41) is 4.72. The largest absolute Gasteiger partial charge is 0.471 e. The highest BCUT2D eigenvalue weighted by Crippen LogP contribution is 2.43. The van der Waals surface area contributed by atoms with Crippen molar-refractivity contribution in [3.8, 4) is 5.69 Å². The summed E-state index contributed by atoms with van der Waals surface area (Å²) in [6.07, 6.45) is -0.523. The lowest BCUT2D eigenvalue weighted by Gasteiger charge is -2.31. The predicted molar refractivity (Wildman–Crippen MR) is 148 cm³/mol. The molecule has 1 saturated carbocycles. The fraction of sp³-hybridized carbons (Fsp3) is 0.533. The van der Waals surface area contributed by atoms with E-state index < -0.39 is 42.4 Å². The summed E-state index contributed by atoms with van der Waals surface area (Å²) in [6, 6.07) is 2.73. The lowest BCUT2D eigenvalue weighted by Crippen LogP contribution is -2.41. The number of hydrogen-bond donors (Lipinski definition) is 3. The highest BCUT2D eigenvalue weighted by Gasteiger charge is 2.40. The van der Waals surface area contributed by atoms with Crippen LogP contribution in [0.5, 0.6) is 0 Å². The Kier molecular flexibility index (Phi) is 8.03. The molecule has 5 rings (SSSR count). The number of rotatable bonds is 7. The number of nitrogens with two attached hydrogens (primary N) is 1. The van der Waals surface area contributed by atoms with Crippen LogP contribution < -0.4 is 16.4 Å². The number of anilines is 1. The molecule has 13 heteroatoms. The monoisotopic (exact) mass is 606 g/mol. The molecule has 0 bridgehead atoms. The van der Waals surface area contributed by atoms with E-state index in [1.165, 1.54) is 11.4 Å². The van der Waals surface area contributed by atoms with Gasteiger partial charge in [-0.2, -0.15) is 13.2 Å². The quantitative estimate of drug-likeness (QED) is 0.318. The van der Waals surface area contributed by atoms with E-state index in [0.29, 0.717) is 44.2 Å². The van der Waals surface area contributed by atoms with Crippen molar-refractivity contribution in [1.82, 2.24) is 9.88 Å². The molecule has 3 aliphatic rings. The van der Waals surface area contributed by atoms with E-state index in [9.17, 15) is 32.3 Å². The van der Waals surface area contributed by atoms with Crippen LogP contribution in [-0.2, 0) is 33.6 Å². The number of amides is 2. The maximum atomic E-state index is 15.5. The second-order valence-corrected chi connectivity index (χ2v) is 12.4. The van der Waals surface area contributed by atoms with Gasteiger partial charge in [-0.15, -0.1) is 0 Å². The first-order chi connectivity index (χ1) is 20.1. The number of Topliss-reactive ketones (excluding diaryl/α,β-unsaturated/α-hetero) is 1. The van der Waals surface area contributed by atoms with Crippen LogP contribution in [-0.4, -0.2) is 53.0 Å². The van der Waals surface area contributed by atoms with Crippen LogP contribution in [0.1, 0.15) is 90.0 Å². The average Bonchev–Trinajstić information content (AvgIpc) is 3.46. The van der Waals surface area contributed by atoms with Gasteiger partial charge in [-0.3, -0.25) is 19.2 Å². The summed E-state index contributed by atoms with van der Waals surface area (Å²) in [5.74, 6) is -4.84. The van der Waals surface area contributed by atoms with E-state index in [1.54, 1.807) is 6.07 Å². The first-order valence-corrected chi connectivity index (χ1v) is 14.4. The molecule has 232 valence electrons. The van der Waals surface area contributed by atoms with E-state index in [1.807, 2.05) is 18.4 Å². The van der Waals surface area contributed by atoms with Crippen molar-refractivity contribution in [2.75, 3.05) is 11.9 Å². The molecule has 0 radical (unpaired) electrons. The van der Waals surface area contributed by atoms with Gasteiger partial charge in [0.2, 0.25) is 0 Å². The zero-order valence-electron chi connectivity index (χ0n) is 24.0. The second kappa shape index (κ2) is 11.3. The second-order valence-electron chi connectivity index (χ2n) is 12.4. The third-order valence-corrected chi connectivity index (χ3v) is 8.45. The molecule has 1 aromatic heterocycles. The standard InChI is InChI=1S/C30H34F4N4O5/c1-29(2)12-22-25(23(39)13-29)18-4-3-5-21(18)38(22)16-10-19(31)26(27(35)41)20(11-16)37-15-6-8-17(9-7-15)43-24(40)14-36-28(42)30(32,33)34/h10-11,15,17,37H,3-9,12-14H2,1-2H3,(H2,35,41)(H,36,42)/t15-,17-. The van der Waals surface area contributed by atoms with Crippen molar-refractivity contribution in [3.63, 3.8) is 0 Å². The topological polar surface area (TPSA) is 133 Å². The van der Waals surface area contributed by atoms with Crippen molar-refractivity contribution in [1.29, 1.82) is 0 Å². The summed E-state index contributed by atoms with van der Waals surface area (Å²) in [7, 11) is 0. The normalized spacial score (nSPS) is 21.1. The Bertz CT molecular complexity index is 1490. The molecule has 0 unspecified atom stereocenters. The van der Waals surface area contributed by atoms with Crippen LogP contribution in [0.25, 0.3) is 5.69 Å². The van der Waals surface area contributed by atoms with Gasteiger partial charge in [-0.05, 0) is 74.5 Å². The number of ether oxygens (including phenoxy) is 1. The van der Waals surface area contributed by atoms with E-state index in [4.69, 9.17) is 10.5 Å². The maximum Gasteiger partial charge on any atom is 0.471 e. The zero-order valence-corrected chi connectivity index (χ0v) is 24.0. The zero-order chi connectivity index (χ0) is 31.3. The molecule has 2 amide bonds. The highest BCUT2D eigenvalue weighted by molar-refractivity contribution is 6.01. The Morgan fingerprint density at radius 1 is 1.07 bits per heavy atom. The summed E-state index contributed by atoms with van der Waals surface area (Å²) >= 11 is 0. The number of primary amides is 1. The smallest absolute Gasteiger partial charge is 0.461 e. The van der Waals surface area contributed by atoms with Gasteiger partial charge in [0.15, 0.2) is 5.78 Å². The highest BCUT2D eigenvalue weighted by atomic mass is 19.4. The fourth-order valence-corrected chi connectivity index (χ4v) is 6.65. The Hall–Kier alpha value is -3.90. The summed E-state index contributed by atoms with van der Waals surface area (Å²) in [4.78, 5) is 48.3. The minimum atomic E-state index is -5.10. The molecule has 43 heavy (non-hydrogen) atoms. The molecule has 0 spiro atoms. The Morgan fingerprint density at radius 2 is 1.77 bits per heavy atom. The molecule has 2 aromatic rings. The van der Waals surface area contributed by atoms with Crippen LogP contribution in [0.2, 0.25) is 0 Å². The number of hydrogen-bond acceptors (Lipinski definition) is 6. The SMILES string of the molecule is CC1(C)CC(=O)c2c3c(n(-c4cc(F)c(C(N)=O)c(N[C@H]5CC[C@H](OC(=O)CNC(=O)C(F)(F)F)CC5)c4)c2C1)CCC3. The number of carbonyl (C=O) groups is 4. The van der Waals surface area contributed by atoms with Crippen molar-refractivity contribution in [3.05, 3.63) is 46.0 Å². The lowest BCUT2D eigenvalue weighted by molar-refractivity contribution is -0.174. The Balaban J connectivity index is 1.34. The van der Waals surface area contributed by atoms with E-state index in [-0.39, 0.29) is 28.5 Å². The summed E-state index contributed by atoms with van der Waals surface area (Å²) in [5.41, 5.74) is 9.35. The molecule has 3 aliphatic carbocycles. The molecule has 0 atom stereocenters. The third kappa shape index (κ3) is 6.25. The molecule has 0 saturated heterocycles. The number of halogens is 4. The molecule has 9 nitrogen and oxygen atoms in total. The van der Waals surface area contributed by atoms with Crippen molar-refractivity contribution in [2.24, 2.45) is 11.1 Å². The first kappa shape index (κ1) is 30.6. The van der Waals surface area contributed by atoms with Gasteiger partial charge in [0, 0.05) is 29.4 Å². The van der Waals surface area contributed by atoms with Gasteiger partial charge >= 0.3 is 18.1 Å². The number of aromatic nitrogens is 1. The molecule has 1 heterocycles. The van der Waals surface area contributed by atoms with Crippen LogP contribution in [0.4, 0.5) is 23.2 Å². The van der Waals surface area contributed by atoms with Gasteiger partial charge < -0.3 is 25.7 Å². The minimum Gasteiger partial charge on any atom is -0.461 e. The van der Waals surface area contributed by atoms with Crippen LogP contribution in [0.15, 0.2) is 12.1 Å². The molecule has 1 aromatic carbocycles. The van der Waals surface area contributed by atoms with Gasteiger partial charge in [-0.25, -0.2) is 4.39 Å². The summed E-state index contributed by atoms with van der Waals surface area (Å²) in [6.45, 7) is 3.17. The molecule has 0 aliphatic heterocycles. The summed E-state index contributed by atoms with van der Waals surface area (Å²) < 4.78 is 59.7. The molecular weight excluding hydrogens is 572 g/mol. The van der Waals surface area contributed by atoms with E-state index in [0.717, 1.165) is 41.8 Å². The number of carbonyl (C=O) groups excluding carboxylic acids is 4. The minimum absolute atomic E-state index is 0.0934. The van der Waals surface area contributed by atoms with Crippen molar-refractivity contribution >= 4 is 29.3 Å². The van der Waals surface area contributed by atoms with Gasteiger partial charge in [0.1, 0.15) is 18.5 Å². The maximum absolute atomic E-state index is 15.5. The number of esters is 1. The predicted octanol–water partition coefficient (Wildman–Crippen LogP) is 4.30. The molecular formula is C30H34F4N4O5. The number of benzene rings is 1. The van der Waals surface area contributed by atoms with Gasteiger partial charge in [-0.1, -0.05) is 13.8 Å². The Morgan fingerprint density at radius 3 is 2.42 bits per heavy atom. The number of ketones is 1. The molecule has 1 fully saturated rings. The van der Waals surface area contributed by atoms with Gasteiger partial charge in [0.25, 0.3) is 5.91 Å². The average molecular weight is 607 g/mol. The molecule has 4 N–H and O–H groups in total. The number of nitrogens with zero attached hydrogens (tertiary/aromatic N) is 1. The van der Waals surface area contributed by atoms with Crippen molar-refractivity contribution in [2.45, 2.75) is 90.0 Å². The van der Waals surface area contributed by atoms with Crippen LogP contribution in [0.3, 0.4) is 0 Å². The number of nitrogens with one attached hydrogen (secondary N) is 2. The van der Waals surface area contributed by atoms with Crippen molar-refractivity contribution < 1.29 is 41.5 Å². The van der Waals surface area contributed by atoms with E-state index >= 15 is 4.39 Å². The fourth-order valence-electron chi connectivity index (χ4n) is 6.65.